The van der Waals surface area contributed by atoms with E-state index in [4.69, 9.17) is 5.26 Å². The summed E-state index contributed by atoms with van der Waals surface area (Å²) in [6, 6.07) is 7.49. The summed E-state index contributed by atoms with van der Waals surface area (Å²) in [5.41, 5.74) is 0.790. The number of pyridine rings is 1. The highest BCUT2D eigenvalue weighted by molar-refractivity contribution is 5.15. The van der Waals surface area contributed by atoms with Crippen LogP contribution in [0.15, 0.2) is 24.4 Å². The topological polar surface area (TPSA) is 48.7 Å². The molecule has 0 fully saturated rings. The zero-order chi connectivity index (χ0) is 9.52. The average Bonchev–Trinajstić information content (AvgIpc) is 2.21. The Bertz CT molecular complexity index is 276. The van der Waals surface area contributed by atoms with Crippen LogP contribution in [0, 0.1) is 11.3 Å². The number of hydrogen-bond acceptors (Lipinski definition) is 3. The van der Waals surface area contributed by atoms with Crippen molar-refractivity contribution in [1.29, 1.82) is 5.26 Å². The maximum Gasteiger partial charge on any atom is 0.138 e. The Hall–Kier alpha value is -1.40. The Morgan fingerprint density at radius 3 is 3.00 bits per heavy atom. The smallest absolute Gasteiger partial charge is 0.138 e. The molecule has 0 amide bonds. The first kappa shape index (κ1) is 9.69. The lowest BCUT2D eigenvalue weighted by Gasteiger charge is -2.08. The van der Waals surface area contributed by atoms with Crippen molar-refractivity contribution in [3.63, 3.8) is 0 Å². The molecule has 1 aromatic rings. The van der Waals surface area contributed by atoms with Gasteiger partial charge in [-0.2, -0.15) is 5.26 Å². The van der Waals surface area contributed by atoms with Gasteiger partial charge in [0.25, 0.3) is 0 Å². The number of rotatable bonds is 4. The third-order valence-corrected chi connectivity index (χ3v) is 1.71. The van der Waals surface area contributed by atoms with Crippen molar-refractivity contribution in [1.82, 2.24) is 10.3 Å². The van der Waals surface area contributed by atoms with Crippen LogP contribution in [-0.4, -0.2) is 11.5 Å². The normalized spacial score (nSPS) is 12.0. The predicted molar refractivity (Wildman–Crippen MR) is 50.9 cm³/mol. The molecule has 3 heteroatoms. The molecule has 0 aromatic carbocycles. The largest absolute Gasteiger partial charge is 0.297 e. The Labute approximate surface area is 78.4 Å². The minimum atomic E-state index is -0.277. The number of nitrogens with zero attached hydrogens (tertiary/aromatic N) is 2. The molecular formula is C10H13N3. The number of nitrogens with one attached hydrogen (secondary N) is 1. The molecule has 1 heterocycles. The summed E-state index contributed by atoms with van der Waals surface area (Å²) < 4.78 is 0. The maximum absolute atomic E-state index is 8.85. The van der Waals surface area contributed by atoms with Gasteiger partial charge in [-0.05, 0) is 25.1 Å². The fraction of sp³-hybridized carbons (Fsp3) is 0.400. The van der Waals surface area contributed by atoms with Crippen LogP contribution < -0.4 is 5.32 Å². The Morgan fingerprint density at radius 1 is 1.62 bits per heavy atom. The van der Waals surface area contributed by atoms with Gasteiger partial charge in [0, 0.05) is 6.20 Å². The van der Waals surface area contributed by atoms with Crippen LogP contribution in [0.4, 0.5) is 0 Å². The number of hydrogen-bond donors (Lipinski definition) is 1. The molecule has 1 unspecified atom stereocenters. The molecule has 0 bridgehead atoms. The van der Waals surface area contributed by atoms with Crippen molar-refractivity contribution in [2.24, 2.45) is 0 Å². The fourth-order valence-electron chi connectivity index (χ4n) is 1.05. The van der Waals surface area contributed by atoms with E-state index in [0.29, 0.717) is 0 Å². The van der Waals surface area contributed by atoms with Crippen molar-refractivity contribution in [2.75, 3.05) is 6.54 Å². The highest BCUT2D eigenvalue weighted by atomic mass is 14.9. The SMILES string of the molecule is CCCNC(C#N)c1ccccn1. The lowest BCUT2D eigenvalue weighted by Crippen LogP contribution is -2.21. The van der Waals surface area contributed by atoms with E-state index in [9.17, 15) is 0 Å². The van der Waals surface area contributed by atoms with Gasteiger partial charge in [-0.1, -0.05) is 13.0 Å². The quantitative estimate of drug-likeness (QED) is 0.756. The summed E-state index contributed by atoms with van der Waals surface area (Å²) in [7, 11) is 0. The Balaban J connectivity index is 2.63. The molecule has 1 atom stereocenters. The van der Waals surface area contributed by atoms with Crippen LogP contribution in [0.3, 0.4) is 0 Å². The fourth-order valence-corrected chi connectivity index (χ4v) is 1.05. The van der Waals surface area contributed by atoms with Gasteiger partial charge < -0.3 is 0 Å². The molecule has 3 nitrogen and oxygen atoms in total. The van der Waals surface area contributed by atoms with Gasteiger partial charge in [0.2, 0.25) is 0 Å². The number of nitriles is 1. The molecule has 0 aliphatic carbocycles. The highest BCUT2D eigenvalue weighted by Gasteiger charge is 2.08. The summed E-state index contributed by atoms with van der Waals surface area (Å²) in [5, 5.41) is 12.0. The first-order chi connectivity index (χ1) is 6.38. The van der Waals surface area contributed by atoms with Gasteiger partial charge in [0.1, 0.15) is 6.04 Å². The molecule has 68 valence electrons. The third kappa shape index (κ3) is 2.85. The van der Waals surface area contributed by atoms with Crippen molar-refractivity contribution in [3.05, 3.63) is 30.1 Å². The summed E-state index contributed by atoms with van der Waals surface area (Å²) >= 11 is 0. The summed E-state index contributed by atoms with van der Waals surface area (Å²) in [6.45, 7) is 2.91. The molecule has 1 N–H and O–H groups in total. The number of aromatic nitrogens is 1. The summed E-state index contributed by atoms with van der Waals surface area (Å²) in [5.74, 6) is 0. The predicted octanol–water partition coefficient (Wildman–Crippen LogP) is 1.65. The third-order valence-electron chi connectivity index (χ3n) is 1.71. The van der Waals surface area contributed by atoms with Crippen LogP contribution in [0.2, 0.25) is 0 Å². The van der Waals surface area contributed by atoms with E-state index in [-0.39, 0.29) is 6.04 Å². The Kier molecular flexibility index (Phi) is 3.94. The minimum Gasteiger partial charge on any atom is -0.297 e. The van der Waals surface area contributed by atoms with Crippen LogP contribution >= 0.6 is 0 Å². The molecule has 0 saturated heterocycles. The highest BCUT2D eigenvalue weighted by Crippen LogP contribution is 2.07. The zero-order valence-electron chi connectivity index (χ0n) is 7.70. The van der Waals surface area contributed by atoms with Gasteiger partial charge in [-0.15, -0.1) is 0 Å². The standard InChI is InChI=1S/C10H13N3/c1-2-6-12-10(8-11)9-5-3-4-7-13-9/h3-5,7,10,12H,2,6H2,1H3. The molecule has 0 aliphatic heterocycles. The lowest BCUT2D eigenvalue weighted by atomic mass is 10.2. The molecule has 1 aromatic heterocycles. The molecule has 0 aliphatic rings. The second-order valence-corrected chi connectivity index (χ2v) is 2.77. The molecule has 13 heavy (non-hydrogen) atoms. The monoisotopic (exact) mass is 175 g/mol. The van der Waals surface area contributed by atoms with Gasteiger partial charge in [0.05, 0.1) is 11.8 Å². The van der Waals surface area contributed by atoms with Gasteiger partial charge in [0.15, 0.2) is 0 Å². The van der Waals surface area contributed by atoms with E-state index in [2.05, 4.69) is 23.3 Å². The van der Waals surface area contributed by atoms with Crippen molar-refractivity contribution < 1.29 is 0 Å². The van der Waals surface area contributed by atoms with Crippen LogP contribution in [0.1, 0.15) is 25.1 Å². The van der Waals surface area contributed by atoms with E-state index in [1.165, 1.54) is 0 Å². The van der Waals surface area contributed by atoms with Crippen molar-refractivity contribution in [2.45, 2.75) is 19.4 Å². The van der Waals surface area contributed by atoms with E-state index in [1.807, 2.05) is 18.2 Å². The molecule has 0 saturated carbocycles. The first-order valence-corrected chi connectivity index (χ1v) is 4.42. The Morgan fingerprint density at radius 2 is 2.46 bits per heavy atom. The van der Waals surface area contributed by atoms with Gasteiger partial charge in [-0.3, -0.25) is 10.3 Å². The second kappa shape index (κ2) is 5.28. The van der Waals surface area contributed by atoms with Crippen molar-refractivity contribution in [3.8, 4) is 6.07 Å². The van der Waals surface area contributed by atoms with Crippen LogP contribution in [0.5, 0.6) is 0 Å². The molecule has 0 spiro atoms. The summed E-state index contributed by atoms with van der Waals surface area (Å²) in [6.07, 6.45) is 2.72. The zero-order valence-corrected chi connectivity index (χ0v) is 7.70. The van der Waals surface area contributed by atoms with Crippen LogP contribution in [0.25, 0.3) is 0 Å². The minimum absolute atomic E-state index is 0.277. The van der Waals surface area contributed by atoms with E-state index >= 15 is 0 Å². The van der Waals surface area contributed by atoms with E-state index in [0.717, 1.165) is 18.7 Å². The lowest BCUT2D eigenvalue weighted by molar-refractivity contribution is 0.609. The van der Waals surface area contributed by atoms with Gasteiger partial charge >= 0.3 is 0 Å². The maximum atomic E-state index is 8.85. The molecule has 1 rings (SSSR count). The summed E-state index contributed by atoms with van der Waals surface area (Å²) in [4.78, 5) is 4.12. The van der Waals surface area contributed by atoms with E-state index < -0.39 is 0 Å². The second-order valence-electron chi connectivity index (χ2n) is 2.77. The van der Waals surface area contributed by atoms with E-state index in [1.54, 1.807) is 6.20 Å². The van der Waals surface area contributed by atoms with Crippen LogP contribution in [-0.2, 0) is 0 Å². The molecular weight excluding hydrogens is 162 g/mol. The van der Waals surface area contributed by atoms with Gasteiger partial charge in [-0.25, -0.2) is 0 Å². The first-order valence-electron chi connectivity index (χ1n) is 4.42. The van der Waals surface area contributed by atoms with Crippen molar-refractivity contribution >= 4 is 0 Å². The average molecular weight is 175 g/mol. The molecule has 0 radical (unpaired) electrons.